The molecule has 0 atom stereocenters. The topological polar surface area (TPSA) is 51.2 Å². The van der Waals surface area contributed by atoms with Gasteiger partial charge in [-0.15, -0.1) is 11.3 Å². The summed E-state index contributed by atoms with van der Waals surface area (Å²) in [6, 6.07) is 13.5. The van der Waals surface area contributed by atoms with Crippen molar-refractivity contribution in [2.75, 3.05) is 12.4 Å². The van der Waals surface area contributed by atoms with Crippen molar-refractivity contribution in [2.45, 2.75) is 12.8 Å². The number of nitrogens with zero attached hydrogens (tertiary/aromatic N) is 1. The molecule has 3 rings (SSSR count). The number of ether oxygens (including phenoxy) is 1. The average Bonchev–Trinajstić information content (AvgIpc) is 3.10. The Hall–Kier alpha value is -2.73. The molecule has 1 aromatic heterocycles. The van der Waals surface area contributed by atoms with E-state index >= 15 is 0 Å². The Balaban J connectivity index is 1.58. The van der Waals surface area contributed by atoms with E-state index in [4.69, 9.17) is 4.74 Å². The van der Waals surface area contributed by atoms with Gasteiger partial charge in [-0.05, 0) is 42.8 Å². The van der Waals surface area contributed by atoms with E-state index in [1.807, 2.05) is 17.5 Å². The molecule has 0 spiro atoms. The highest BCUT2D eigenvalue weighted by atomic mass is 32.1. The van der Waals surface area contributed by atoms with Gasteiger partial charge in [0, 0.05) is 17.4 Å². The summed E-state index contributed by atoms with van der Waals surface area (Å²) in [4.78, 5) is 16.6. The SMILES string of the molecule is COc1ccccc1NC(=O)CCc1csc(-c2ccc(F)cc2)n1. The molecule has 3 aromatic rings. The Kier molecular flexibility index (Phi) is 5.40. The number of para-hydroxylation sites is 2. The predicted molar refractivity (Wildman–Crippen MR) is 97.5 cm³/mol. The molecule has 0 bridgehead atoms. The molecule has 0 radical (unpaired) electrons. The van der Waals surface area contributed by atoms with E-state index in [0.29, 0.717) is 24.3 Å². The minimum Gasteiger partial charge on any atom is -0.495 e. The number of benzene rings is 2. The van der Waals surface area contributed by atoms with E-state index in [1.54, 1.807) is 31.4 Å². The number of nitrogens with one attached hydrogen (secondary N) is 1. The molecule has 0 fully saturated rings. The lowest BCUT2D eigenvalue weighted by molar-refractivity contribution is -0.116. The number of methoxy groups -OCH3 is 1. The van der Waals surface area contributed by atoms with Crippen LogP contribution in [0, 0.1) is 5.82 Å². The second-order valence-electron chi connectivity index (χ2n) is 5.40. The number of thiazole rings is 1. The number of hydrogen-bond donors (Lipinski definition) is 1. The summed E-state index contributed by atoms with van der Waals surface area (Å²) < 4.78 is 18.2. The Bertz CT molecular complexity index is 862. The molecular formula is C19H17FN2O2S. The lowest BCUT2D eigenvalue weighted by Crippen LogP contribution is -2.13. The van der Waals surface area contributed by atoms with Crippen LogP contribution in [0.5, 0.6) is 5.75 Å². The van der Waals surface area contributed by atoms with E-state index in [0.717, 1.165) is 16.3 Å². The summed E-state index contributed by atoms with van der Waals surface area (Å²) in [5, 5.41) is 5.59. The van der Waals surface area contributed by atoms with E-state index < -0.39 is 0 Å². The van der Waals surface area contributed by atoms with Crippen molar-refractivity contribution < 1.29 is 13.9 Å². The van der Waals surface area contributed by atoms with Crippen molar-refractivity contribution in [3.05, 3.63) is 65.4 Å². The largest absolute Gasteiger partial charge is 0.495 e. The van der Waals surface area contributed by atoms with Gasteiger partial charge in [-0.3, -0.25) is 4.79 Å². The van der Waals surface area contributed by atoms with E-state index in [9.17, 15) is 9.18 Å². The third-order valence-electron chi connectivity index (χ3n) is 3.63. The maximum atomic E-state index is 13.0. The molecular weight excluding hydrogens is 339 g/mol. The summed E-state index contributed by atoms with van der Waals surface area (Å²) in [5.41, 5.74) is 2.37. The fraction of sp³-hybridized carbons (Fsp3) is 0.158. The van der Waals surface area contributed by atoms with Gasteiger partial charge >= 0.3 is 0 Å². The fourth-order valence-electron chi connectivity index (χ4n) is 2.35. The molecule has 1 N–H and O–H groups in total. The molecule has 0 unspecified atom stereocenters. The first kappa shape index (κ1) is 17.1. The normalized spacial score (nSPS) is 10.5. The summed E-state index contributed by atoms with van der Waals surface area (Å²) in [7, 11) is 1.57. The Morgan fingerprint density at radius 3 is 2.72 bits per heavy atom. The number of halogens is 1. The molecule has 0 saturated heterocycles. The summed E-state index contributed by atoms with van der Waals surface area (Å²) in [6.45, 7) is 0. The van der Waals surface area contributed by atoms with Crippen molar-refractivity contribution in [3.8, 4) is 16.3 Å². The summed E-state index contributed by atoms with van der Waals surface area (Å²) in [6.07, 6.45) is 0.864. The first-order valence-corrected chi connectivity index (χ1v) is 8.67. The lowest BCUT2D eigenvalue weighted by atomic mass is 10.2. The molecule has 128 valence electrons. The molecule has 0 aliphatic carbocycles. The maximum absolute atomic E-state index is 13.0. The molecule has 2 aromatic carbocycles. The number of carbonyl (C=O) groups excluding carboxylic acids is 1. The highest BCUT2D eigenvalue weighted by Crippen LogP contribution is 2.25. The monoisotopic (exact) mass is 356 g/mol. The highest BCUT2D eigenvalue weighted by molar-refractivity contribution is 7.13. The van der Waals surface area contributed by atoms with Crippen molar-refractivity contribution in [2.24, 2.45) is 0 Å². The van der Waals surface area contributed by atoms with Gasteiger partial charge in [-0.1, -0.05) is 12.1 Å². The van der Waals surface area contributed by atoms with Crippen molar-refractivity contribution in [3.63, 3.8) is 0 Å². The molecule has 0 aliphatic rings. The average molecular weight is 356 g/mol. The van der Waals surface area contributed by atoms with Gasteiger partial charge in [0.2, 0.25) is 5.91 Å². The van der Waals surface area contributed by atoms with Crippen LogP contribution in [0.25, 0.3) is 10.6 Å². The number of carbonyl (C=O) groups is 1. The molecule has 1 amide bonds. The van der Waals surface area contributed by atoms with E-state index in [2.05, 4.69) is 10.3 Å². The number of aryl methyl sites for hydroxylation is 1. The number of anilines is 1. The molecule has 0 aliphatic heterocycles. The quantitative estimate of drug-likeness (QED) is 0.706. The zero-order valence-corrected chi connectivity index (χ0v) is 14.5. The van der Waals surface area contributed by atoms with Crippen LogP contribution in [0.1, 0.15) is 12.1 Å². The highest BCUT2D eigenvalue weighted by Gasteiger charge is 2.10. The van der Waals surface area contributed by atoms with Gasteiger partial charge in [0.15, 0.2) is 0 Å². The Morgan fingerprint density at radius 1 is 1.20 bits per heavy atom. The molecule has 4 nitrogen and oxygen atoms in total. The number of hydrogen-bond acceptors (Lipinski definition) is 4. The fourth-order valence-corrected chi connectivity index (χ4v) is 3.21. The van der Waals surface area contributed by atoms with Gasteiger partial charge in [-0.2, -0.15) is 0 Å². The second-order valence-corrected chi connectivity index (χ2v) is 6.26. The Morgan fingerprint density at radius 2 is 1.96 bits per heavy atom. The summed E-state index contributed by atoms with van der Waals surface area (Å²) in [5.74, 6) is 0.262. The standard InChI is InChI=1S/C19H17FN2O2S/c1-24-17-5-3-2-4-16(17)22-18(23)11-10-15-12-25-19(21-15)13-6-8-14(20)9-7-13/h2-9,12H,10-11H2,1H3,(H,22,23). The van der Waals surface area contributed by atoms with Crippen LogP contribution in [-0.2, 0) is 11.2 Å². The maximum Gasteiger partial charge on any atom is 0.224 e. The van der Waals surface area contributed by atoms with Gasteiger partial charge in [0.05, 0.1) is 18.5 Å². The van der Waals surface area contributed by atoms with E-state index in [-0.39, 0.29) is 11.7 Å². The minimum atomic E-state index is -0.270. The first-order valence-electron chi connectivity index (χ1n) is 7.79. The smallest absolute Gasteiger partial charge is 0.224 e. The van der Waals surface area contributed by atoms with Gasteiger partial charge in [0.25, 0.3) is 0 Å². The van der Waals surface area contributed by atoms with Gasteiger partial charge in [0.1, 0.15) is 16.6 Å². The number of rotatable bonds is 6. The van der Waals surface area contributed by atoms with Crippen LogP contribution in [0.3, 0.4) is 0 Å². The molecule has 1 heterocycles. The third-order valence-corrected chi connectivity index (χ3v) is 4.57. The Labute approximate surface area is 149 Å². The lowest BCUT2D eigenvalue weighted by Gasteiger charge is -2.09. The van der Waals surface area contributed by atoms with Crippen LogP contribution in [0.4, 0.5) is 10.1 Å². The predicted octanol–water partition coefficient (Wildman–Crippen LogP) is 4.53. The van der Waals surface area contributed by atoms with Crippen molar-refractivity contribution in [1.82, 2.24) is 4.98 Å². The van der Waals surface area contributed by atoms with Crippen molar-refractivity contribution in [1.29, 1.82) is 0 Å². The van der Waals surface area contributed by atoms with Gasteiger partial charge in [-0.25, -0.2) is 9.37 Å². The first-order chi connectivity index (χ1) is 12.2. The summed E-state index contributed by atoms with van der Waals surface area (Å²) >= 11 is 1.48. The van der Waals surface area contributed by atoms with Gasteiger partial charge < -0.3 is 10.1 Å². The molecule has 6 heteroatoms. The van der Waals surface area contributed by atoms with Crippen LogP contribution in [0.2, 0.25) is 0 Å². The molecule has 25 heavy (non-hydrogen) atoms. The van der Waals surface area contributed by atoms with Crippen LogP contribution in [0.15, 0.2) is 53.9 Å². The van der Waals surface area contributed by atoms with Crippen LogP contribution >= 0.6 is 11.3 Å². The third kappa shape index (κ3) is 4.42. The van der Waals surface area contributed by atoms with Crippen molar-refractivity contribution >= 4 is 22.9 Å². The number of aromatic nitrogens is 1. The molecule has 0 saturated carbocycles. The zero-order valence-electron chi connectivity index (χ0n) is 13.7. The number of amides is 1. The zero-order chi connectivity index (χ0) is 17.6. The van der Waals surface area contributed by atoms with Crippen LogP contribution < -0.4 is 10.1 Å². The minimum absolute atomic E-state index is 0.0965. The second kappa shape index (κ2) is 7.90. The van der Waals surface area contributed by atoms with E-state index in [1.165, 1.54) is 23.5 Å². The van der Waals surface area contributed by atoms with Crippen LogP contribution in [-0.4, -0.2) is 18.0 Å².